The van der Waals surface area contributed by atoms with Gasteiger partial charge in [0.2, 0.25) is 0 Å². The van der Waals surface area contributed by atoms with Crippen LogP contribution in [-0.2, 0) is 0 Å². The highest BCUT2D eigenvalue weighted by Gasteiger charge is 2.54. The number of alkyl halides is 3. The summed E-state index contributed by atoms with van der Waals surface area (Å²) in [5.74, 6) is 0. The second-order valence-electron chi connectivity index (χ2n) is 4.46. The highest BCUT2D eigenvalue weighted by atomic mass is 32.1. The van der Waals surface area contributed by atoms with Gasteiger partial charge in [-0.3, -0.25) is 0 Å². The summed E-state index contributed by atoms with van der Waals surface area (Å²) in [6.45, 7) is -0.238. The zero-order valence-electron chi connectivity index (χ0n) is 9.91. The largest absolute Gasteiger partial charge is 0.417 e. The van der Waals surface area contributed by atoms with Crippen molar-refractivity contribution in [1.82, 2.24) is 4.90 Å². The van der Waals surface area contributed by atoms with E-state index in [1.54, 1.807) is 16.8 Å². The zero-order chi connectivity index (χ0) is 14.1. The molecule has 1 aromatic heterocycles. The Hall–Kier alpha value is -1.28. The molecule has 2 amide bonds. The fourth-order valence-corrected chi connectivity index (χ4v) is 2.49. The molecule has 2 rings (SSSR count). The lowest BCUT2D eigenvalue weighted by Crippen LogP contribution is -2.55. The lowest BCUT2D eigenvalue weighted by molar-refractivity contribution is -0.271. The van der Waals surface area contributed by atoms with Crippen LogP contribution < -0.4 is 5.32 Å². The predicted molar refractivity (Wildman–Crippen MR) is 65.1 cm³/mol. The average Bonchev–Trinajstić information content (AvgIpc) is 2.81. The summed E-state index contributed by atoms with van der Waals surface area (Å²) in [4.78, 5) is 13.1. The molecule has 0 spiro atoms. The van der Waals surface area contributed by atoms with Crippen LogP contribution >= 0.6 is 11.3 Å². The molecule has 0 saturated carbocycles. The summed E-state index contributed by atoms with van der Waals surface area (Å²) in [6, 6.07) is 1.26. The molecule has 1 aromatic rings. The van der Waals surface area contributed by atoms with Gasteiger partial charge in [0.25, 0.3) is 0 Å². The summed E-state index contributed by atoms with van der Waals surface area (Å²) in [6.07, 6.45) is -5.63. The van der Waals surface area contributed by atoms with E-state index >= 15 is 0 Å². The summed E-state index contributed by atoms with van der Waals surface area (Å²) in [5.41, 5.74) is -2.06. The SMILES string of the molecule is O=C(Nc1ccsc1)N1CCC(O)(C(F)(F)F)CC1. The molecular formula is C11H13F3N2O2S. The van der Waals surface area contributed by atoms with E-state index in [1.807, 2.05) is 0 Å². The van der Waals surface area contributed by atoms with E-state index in [2.05, 4.69) is 5.32 Å². The van der Waals surface area contributed by atoms with Crippen molar-refractivity contribution in [3.05, 3.63) is 16.8 Å². The first kappa shape index (κ1) is 14.1. The van der Waals surface area contributed by atoms with Crippen LogP contribution in [0.15, 0.2) is 16.8 Å². The number of urea groups is 1. The van der Waals surface area contributed by atoms with Crippen molar-refractivity contribution in [2.24, 2.45) is 0 Å². The molecule has 1 aliphatic rings. The van der Waals surface area contributed by atoms with Gasteiger partial charge >= 0.3 is 12.2 Å². The Labute approximate surface area is 111 Å². The number of anilines is 1. The van der Waals surface area contributed by atoms with E-state index in [0.717, 1.165) is 0 Å². The fraction of sp³-hybridized carbons (Fsp3) is 0.545. The Morgan fingerprint density at radius 2 is 2.05 bits per heavy atom. The number of likely N-dealkylation sites (tertiary alicyclic amines) is 1. The van der Waals surface area contributed by atoms with Crippen LogP contribution in [0.2, 0.25) is 0 Å². The molecule has 0 atom stereocenters. The van der Waals surface area contributed by atoms with Crippen LogP contribution in [0.5, 0.6) is 0 Å². The molecule has 1 saturated heterocycles. The van der Waals surface area contributed by atoms with Gasteiger partial charge in [0.05, 0.1) is 5.69 Å². The molecule has 8 heteroatoms. The van der Waals surface area contributed by atoms with Gasteiger partial charge in [0.15, 0.2) is 5.60 Å². The molecule has 0 aromatic carbocycles. The third-order valence-electron chi connectivity index (χ3n) is 3.18. The molecule has 2 N–H and O–H groups in total. The molecule has 0 bridgehead atoms. The highest BCUT2D eigenvalue weighted by Crippen LogP contribution is 2.38. The van der Waals surface area contributed by atoms with E-state index in [1.165, 1.54) is 16.2 Å². The third kappa shape index (κ3) is 3.01. The van der Waals surface area contributed by atoms with Crippen molar-refractivity contribution in [3.8, 4) is 0 Å². The number of piperidine rings is 1. The predicted octanol–water partition coefficient (Wildman–Crippen LogP) is 2.67. The third-order valence-corrected chi connectivity index (χ3v) is 3.86. The maximum absolute atomic E-state index is 12.6. The summed E-state index contributed by atoms with van der Waals surface area (Å²) < 4.78 is 37.8. The molecule has 106 valence electrons. The Balaban J connectivity index is 1.91. The minimum atomic E-state index is -4.65. The van der Waals surface area contributed by atoms with Crippen molar-refractivity contribution in [2.45, 2.75) is 24.6 Å². The number of nitrogens with one attached hydrogen (secondary N) is 1. The number of hydrogen-bond acceptors (Lipinski definition) is 3. The van der Waals surface area contributed by atoms with Crippen molar-refractivity contribution in [1.29, 1.82) is 0 Å². The normalized spacial score (nSPS) is 19.3. The maximum Gasteiger partial charge on any atom is 0.417 e. The van der Waals surface area contributed by atoms with Crippen molar-refractivity contribution < 1.29 is 23.1 Å². The number of halogens is 3. The first-order valence-electron chi connectivity index (χ1n) is 5.69. The van der Waals surface area contributed by atoms with Crippen molar-refractivity contribution >= 4 is 23.1 Å². The lowest BCUT2D eigenvalue weighted by Gasteiger charge is -2.38. The Kier molecular flexibility index (Phi) is 3.73. The van der Waals surface area contributed by atoms with Crippen LogP contribution in [-0.4, -0.2) is 40.9 Å². The average molecular weight is 294 g/mol. The quantitative estimate of drug-likeness (QED) is 0.836. The second-order valence-corrected chi connectivity index (χ2v) is 5.24. The van der Waals surface area contributed by atoms with Crippen LogP contribution in [0.4, 0.5) is 23.7 Å². The Bertz CT molecular complexity index is 439. The molecule has 1 fully saturated rings. The van der Waals surface area contributed by atoms with E-state index in [4.69, 9.17) is 0 Å². The first-order chi connectivity index (χ1) is 8.82. The maximum atomic E-state index is 12.6. The molecule has 4 nitrogen and oxygen atoms in total. The van der Waals surface area contributed by atoms with E-state index < -0.39 is 30.7 Å². The van der Waals surface area contributed by atoms with Crippen LogP contribution in [0.25, 0.3) is 0 Å². The Morgan fingerprint density at radius 3 is 2.53 bits per heavy atom. The van der Waals surface area contributed by atoms with E-state index in [9.17, 15) is 23.1 Å². The number of rotatable bonds is 1. The van der Waals surface area contributed by atoms with Crippen molar-refractivity contribution in [3.63, 3.8) is 0 Å². The van der Waals surface area contributed by atoms with E-state index in [0.29, 0.717) is 5.69 Å². The van der Waals surface area contributed by atoms with Gasteiger partial charge in [-0.2, -0.15) is 24.5 Å². The second kappa shape index (κ2) is 5.01. The first-order valence-corrected chi connectivity index (χ1v) is 6.63. The molecule has 0 radical (unpaired) electrons. The summed E-state index contributed by atoms with van der Waals surface area (Å²) in [5, 5.41) is 15.6. The highest BCUT2D eigenvalue weighted by molar-refractivity contribution is 7.08. The number of nitrogens with zero attached hydrogens (tertiary/aromatic N) is 1. The summed E-state index contributed by atoms with van der Waals surface area (Å²) >= 11 is 1.41. The standard InChI is InChI=1S/C11H13F3N2O2S/c12-11(13,14)10(18)2-4-16(5-3-10)9(17)15-8-1-6-19-7-8/h1,6-7,18H,2-5H2,(H,15,17). The van der Waals surface area contributed by atoms with Gasteiger partial charge in [-0.1, -0.05) is 0 Å². The van der Waals surface area contributed by atoms with Crippen LogP contribution in [0.3, 0.4) is 0 Å². The van der Waals surface area contributed by atoms with Crippen LogP contribution in [0.1, 0.15) is 12.8 Å². The van der Waals surface area contributed by atoms with E-state index in [-0.39, 0.29) is 13.1 Å². The number of thiophene rings is 1. The van der Waals surface area contributed by atoms with Crippen molar-refractivity contribution in [2.75, 3.05) is 18.4 Å². The topological polar surface area (TPSA) is 52.6 Å². The van der Waals surface area contributed by atoms with Crippen LogP contribution in [0, 0.1) is 0 Å². The number of hydrogen-bond donors (Lipinski definition) is 2. The monoisotopic (exact) mass is 294 g/mol. The smallest absolute Gasteiger partial charge is 0.380 e. The summed E-state index contributed by atoms with van der Waals surface area (Å²) in [7, 11) is 0. The van der Waals surface area contributed by atoms with Gasteiger partial charge in [0.1, 0.15) is 0 Å². The molecule has 1 aliphatic heterocycles. The zero-order valence-corrected chi connectivity index (χ0v) is 10.7. The minimum Gasteiger partial charge on any atom is -0.380 e. The number of aliphatic hydroxyl groups is 1. The number of carbonyl (C=O) groups excluding carboxylic acids is 1. The fourth-order valence-electron chi connectivity index (χ4n) is 1.90. The van der Waals surface area contributed by atoms with Gasteiger partial charge in [-0.05, 0) is 11.4 Å². The van der Waals surface area contributed by atoms with Gasteiger partial charge in [-0.15, -0.1) is 0 Å². The Morgan fingerprint density at radius 1 is 1.42 bits per heavy atom. The van der Waals surface area contributed by atoms with Gasteiger partial charge in [0, 0.05) is 31.3 Å². The minimum absolute atomic E-state index is 0.119. The molecular weight excluding hydrogens is 281 g/mol. The number of carbonyl (C=O) groups is 1. The molecule has 2 heterocycles. The molecule has 19 heavy (non-hydrogen) atoms. The molecule has 0 unspecified atom stereocenters. The lowest BCUT2D eigenvalue weighted by atomic mass is 9.91. The van der Waals surface area contributed by atoms with Gasteiger partial charge < -0.3 is 15.3 Å². The molecule has 0 aliphatic carbocycles. The number of amides is 2. The van der Waals surface area contributed by atoms with Gasteiger partial charge in [-0.25, -0.2) is 4.79 Å².